The molecule has 1 atom stereocenters. The lowest BCUT2D eigenvalue weighted by molar-refractivity contribution is -0.115. The molecule has 0 fully saturated rings. The van der Waals surface area contributed by atoms with Crippen molar-refractivity contribution in [3.05, 3.63) is 58.6 Å². The average Bonchev–Trinajstić information content (AvgIpc) is 2.39. The van der Waals surface area contributed by atoms with Crippen LogP contribution >= 0.6 is 15.9 Å². The largest absolute Gasteiger partial charge is 0.369 e. The van der Waals surface area contributed by atoms with Gasteiger partial charge in [0.05, 0.1) is 0 Å². The molecule has 0 aliphatic heterocycles. The van der Waals surface area contributed by atoms with Gasteiger partial charge in [-0.15, -0.1) is 0 Å². The van der Waals surface area contributed by atoms with Gasteiger partial charge in [0.15, 0.2) is 0 Å². The van der Waals surface area contributed by atoms with Crippen LogP contribution < -0.4 is 5.73 Å². The first-order valence-corrected chi connectivity index (χ1v) is 8.32. The minimum atomic E-state index is -1.28. The van der Waals surface area contributed by atoms with Gasteiger partial charge in [-0.3, -0.25) is 9.00 Å². The minimum absolute atomic E-state index is 0.107. The van der Waals surface area contributed by atoms with Crippen LogP contribution in [0.2, 0.25) is 0 Å². The van der Waals surface area contributed by atoms with Gasteiger partial charge in [0.2, 0.25) is 5.91 Å². The number of nitrogens with two attached hydrogens (primary N) is 1. The van der Waals surface area contributed by atoms with Crippen LogP contribution in [-0.4, -0.2) is 15.9 Å². The van der Waals surface area contributed by atoms with Gasteiger partial charge in [0, 0.05) is 21.0 Å². The van der Waals surface area contributed by atoms with E-state index in [0.717, 1.165) is 21.2 Å². The molecule has 2 N–H and O–H groups in total. The van der Waals surface area contributed by atoms with Crippen molar-refractivity contribution in [2.75, 3.05) is 5.75 Å². The van der Waals surface area contributed by atoms with E-state index in [9.17, 15) is 9.00 Å². The molecule has 0 aliphatic rings. The number of benzene rings is 2. The first-order chi connectivity index (χ1) is 9.58. The van der Waals surface area contributed by atoms with E-state index in [4.69, 9.17) is 5.73 Å². The maximum absolute atomic E-state index is 11.9. The predicted octanol–water partition coefficient (Wildman–Crippen LogP) is 2.85. The maximum atomic E-state index is 11.9. The van der Waals surface area contributed by atoms with Crippen molar-refractivity contribution in [1.29, 1.82) is 0 Å². The topological polar surface area (TPSA) is 60.2 Å². The average molecular weight is 352 g/mol. The Bertz CT molecular complexity index is 658. The standard InChI is InChI=1S/C15H14BrNO2S/c16-14-8-4-3-7-13(14)12-6-2-1-5-11(12)9-20(19)10-15(17)18/h1-8H,9-10H2,(H2,17,18). The molecule has 3 nitrogen and oxygen atoms in total. The van der Waals surface area contributed by atoms with Crippen LogP contribution in [0.3, 0.4) is 0 Å². The third-order valence-electron chi connectivity index (χ3n) is 2.80. The molecule has 0 heterocycles. The lowest BCUT2D eigenvalue weighted by Gasteiger charge is -2.10. The molecule has 1 unspecified atom stereocenters. The molecule has 0 aromatic heterocycles. The fraction of sp³-hybridized carbons (Fsp3) is 0.133. The fourth-order valence-corrected chi connectivity index (χ4v) is 3.49. The zero-order chi connectivity index (χ0) is 14.5. The molecular weight excluding hydrogens is 338 g/mol. The highest BCUT2D eigenvalue weighted by Gasteiger charge is 2.11. The van der Waals surface area contributed by atoms with Gasteiger partial charge >= 0.3 is 0 Å². The fourth-order valence-electron chi connectivity index (χ4n) is 1.97. The van der Waals surface area contributed by atoms with Gasteiger partial charge in [-0.05, 0) is 22.8 Å². The number of amides is 1. The number of hydrogen-bond acceptors (Lipinski definition) is 2. The van der Waals surface area contributed by atoms with Crippen molar-refractivity contribution in [2.45, 2.75) is 5.75 Å². The first kappa shape index (κ1) is 14.9. The number of carbonyl (C=O) groups is 1. The highest BCUT2D eigenvalue weighted by molar-refractivity contribution is 9.10. The zero-order valence-electron chi connectivity index (χ0n) is 10.7. The van der Waals surface area contributed by atoms with Crippen molar-refractivity contribution < 1.29 is 9.00 Å². The van der Waals surface area contributed by atoms with Crippen LogP contribution in [-0.2, 0) is 21.3 Å². The summed E-state index contributed by atoms with van der Waals surface area (Å²) in [5.41, 5.74) is 8.08. The Kier molecular flexibility index (Phi) is 5.09. The second kappa shape index (κ2) is 6.81. The van der Waals surface area contributed by atoms with E-state index < -0.39 is 16.7 Å². The lowest BCUT2D eigenvalue weighted by atomic mass is 10.0. The zero-order valence-corrected chi connectivity index (χ0v) is 13.1. The van der Waals surface area contributed by atoms with Crippen molar-refractivity contribution in [3.8, 4) is 11.1 Å². The van der Waals surface area contributed by atoms with Crippen LogP contribution in [0.1, 0.15) is 5.56 Å². The normalized spacial score (nSPS) is 12.1. The van der Waals surface area contributed by atoms with Crippen LogP contribution in [0.25, 0.3) is 11.1 Å². The van der Waals surface area contributed by atoms with Crippen molar-refractivity contribution in [3.63, 3.8) is 0 Å². The summed E-state index contributed by atoms with van der Waals surface area (Å²) >= 11 is 3.52. The highest BCUT2D eigenvalue weighted by Crippen LogP contribution is 2.31. The molecule has 1 amide bonds. The Hall–Kier alpha value is -1.46. The van der Waals surface area contributed by atoms with Crippen LogP contribution in [0.5, 0.6) is 0 Å². The Balaban J connectivity index is 2.34. The Labute approximate surface area is 128 Å². The summed E-state index contributed by atoms with van der Waals surface area (Å²) in [7, 11) is -1.28. The van der Waals surface area contributed by atoms with E-state index in [1.54, 1.807) is 0 Å². The van der Waals surface area contributed by atoms with Crippen LogP contribution in [0.4, 0.5) is 0 Å². The minimum Gasteiger partial charge on any atom is -0.369 e. The molecule has 0 aliphatic carbocycles. The van der Waals surface area contributed by atoms with E-state index in [1.807, 2.05) is 48.5 Å². The summed E-state index contributed by atoms with van der Waals surface area (Å²) in [5, 5.41) is 0. The monoisotopic (exact) mass is 351 g/mol. The number of rotatable bonds is 5. The van der Waals surface area contributed by atoms with E-state index in [0.29, 0.717) is 5.75 Å². The Morgan fingerprint density at radius 2 is 1.65 bits per heavy atom. The Morgan fingerprint density at radius 3 is 2.30 bits per heavy atom. The van der Waals surface area contributed by atoms with Gasteiger partial charge in [-0.25, -0.2) is 0 Å². The molecule has 2 aromatic rings. The van der Waals surface area contributed by atoms with Gasteiger partial charge in [0.1, 0.15) is 5.75 Å². The van der Waals surface area contributed by atoms with Crippen molar-refractivity contribution in [2.24, 2.45) is 5.73 Å². The summed E-state index contributed by atoms with van der Waals surface area (Å²) in [6.07, 6.45) is 0. The first-order valence-electron chi connectivity index (χ1n) is 6.04. The molecule has 2 aromatic carbocycles. The third kappa shape index (κ3) is 3.77. The van der Waals surface area contributed by atoms with Gasteiger partial charge in [-0.2, -0.15) is 0 Å². The second-order valence-corrected chi connectivity index (χ2v) is 6.64. The molecule has 104 valence electrons. The smallest absolute Gasteiger partial charge is 0.230 e. The number of carbonyl (C=O) groups excluding carboxylic acids is 1. The molecular formula is C15H14BrNO2S. The van der Waals surface area contributed by atoms with Gasteiger partial charge in [-0.1, -0.05) is 58.4 Å². The van der Waals surface area contributed by atoms with E-state index >= 15 is 0 Å². The second-order valence-electron chi connectivity index (χ2n) is 4.33. The van der Waals surface area contributed by atoms with Crippen LogP contribution in [0.15, 0.2) is 53.0 Å². The molecule has 0 bridgehead atoms. The van der Waals surface area contributed by atoms with E-state index in [2.05, 4.69) is 15.9 Å². The Morgan fingerprint density at radius 1 is 1.05 bits per heavy atom. The summed E-state index contributed by atoms with van der Waals surface area (Å²) < 4.78 is 12.9. The van der Waals surface area contributed by atoms with Crippen molar-refractivity contribution >= 4 is 32.6 Å². The van der Waals surface area contributed by atoms with E-state index in [1.165, 1.54) is 0 Å². The molecule has 5 heteroatoms. The SMILES string of the molecule is NC(=O)CS(=O)Cc1ccccc1-c1ccccc1Br. The highest BCUT2D eigenvalue weighted by atomic mass is 79.9. The predicted molar refractivity (Wildman–Crippen MR) is 85.5 cm³/mol. The quantitative estimate of drug-likeness (QED) is 0.900. The van der Waals surface area contributed by atoms with Gasteiger partial charge in [0.25, 0.3) is 0 Å². The molecule has 2 rings (SSSR count). The third-order valence-corrected chi connectivity index (χ3v) is 4.73. The molecule has 0 spiro atoms. The summed E-state index contributed by atoms with van der Waals surface area (Å²) in [5.74, 6) is -0.327. The molecule has 20 heavy (non-hydrogen) atoms. The number of primary amides is 1. The van der Waals surface area contributed by atoms with E-state index in [-0.39, 0.29) is 5.75 Å². The molecule has 0 saturated carbocycles. The molecule has 0 saturated heterocycles. The van der Waals surface area contributed by atoms with Crippen LogP contribution in [0, 0.1) is 0 Å². The lowest BCUT2D eigenvalue weighted by Crippen LogP contribution is -2.20. The molecule has 0 radical (unpaired) electrons. The number of halogens is 1. The number of hydrogen-bond donors (Lipinski definition) is 1. The summed E-state index contributed by atoms with van der Waals surface area (Å²) in [6, 6.07) is 15.6. The maximum Gasteiger partial charge on any atom is 0.230 e. The summed E-state index contributed by atoms with van der Waals surface area (Å²) in [6.45, 7) is 0. The van der Waals surface area contributed by atoms with Crippen molar-refractivity contribution in [1.82, 2.24) is 0 Å². The summed E-state index contributed by atoms with van der Waals surface area (Å²) in [4.78, 5) is 10.8. The van der Waals surface area contributed by atoms with Gasteiger partial charge < -0.3 is 5.73 Å².